The SMILES string of the molecule is CCNC(=NCCCN1CC(C)OC(C)C1)NCCOC.I. The van der Waals surface area contributed by atoms with E-state index in [1.807, 2.05) is 0 Å². The summed E-state index contributed by atoms with van der Waals surface area (Å²) in [5, 5.41) is 6.50. The number of ether oxygens (including phenoxy) is 2. The number of hydrogen-bond donors (Lipinski definition) is 2. The molecular weight excluding hydrogens is 395 g/mol. The van der Waals surface area contributed by atoms with Gasteiger partial charge in [-0.3, -0.25) is 9.89 Å². The van der Waals surface area contributed by atoms with Crippen LogP contribution in [0.1, 0.15) is 27.2 Å². The summed E-state index contributed by atoms with van der Waals surface area (Å²) in [5.41, 5.74) is 0. The number of morpholine rings is 1. The molecule has 0 saturated carbocycles. The van der Waals surface area contributed by atoms with Gasteiger partial charge in [0.05, 0.1) is 18.8 Å². The quantitative estimate of drug-likeness (QED) is 0.264. The smallest absolute Gasteiger partial charge is 0.191 e. The topological polar surface area (TPSA) is 58.1 Å². The fourth-order valence-electron chi connectivity index (χ4n) is 2.57. The number of nitrogens with one attached hydrogen (secondary N) is 2. The van der Waals surface area contributed by atoms with Gasteiger partial charge in [-0.2, -0.15) is 0 Å². The molecular formula is C15H33IN4O2. The van der Waals surface area contributed by atoms with E-state index in [1.165, 1.54) is 0 Å². The minimum atomic E-state index is 0. The lowest BCUT2D eigenvalue weighted by molar-refractivity contribution is -0.0679. The van der Waals surface area contributed by atoms with Crippen LogP contribution in [0.25, 0.3) is 0 Å². The summed E-state index contributed by atoms with van der Waals surface area (Å²) in [6, 6.07) is 0. The van der Waals surface area contributed by atoms with E-state index in [9.17, 15) is 0 Å². The number of methoxy groups -OCH3 is 1. The highest BCUT2D eigenvalue weighted by Gasteiger charge is 2.21. The van der Waals surface area contributed by atoms with Crippen molar-refractivity contribution in [2.75, 3.05) is 53.0 Å². The summed E-state index contributed by atoms with van der Waals surface area (Å²) in [6.07, 6.45) is 1.75. The molecule has 0 radical (unpaired) electrons. The normalized spacial score (nSPS) is 23.0. The number of rotatable bonds is 8. The minimum absolute atomic E-state index is 0. The molecule has 1 saturated heterocycles. The minimum Gasteiger partial charge on any atom is -0.383 e. The third-order valence-electron chi connectivity index (χ3n) is 3.34. The molecule has 2 atom stereocenters. The first-order valence-electron chi connectivity index (χ1n) is 8.04. The molecule has 22 heavy (non-hydrogen) atoms. The van der Waals surface area contributed by atoms with E-state index < -0.39 is 0 Å². The standard InChI is InChI=1S/C15H32N4O2.HI/c1-5-16-15(18-8-10-20-4)17-7-6-9-19-11-13(2)21-14(3)12-19;/h13-14H,5-12H2,1-4H3,(H2,16,17,18);1H. The molecule has 2 unspecified atom stereocenters. The third kappa shape index (κ3) is 9.81. The predicted molar refractivity (Wildman–Crippen MR) is 102 cm³/mol. The van der Waals surface area contributed by atoms with E-state index in [0.29, 0.717) is 18.8 Å². The molecule has 0 aliphatic carbocycles. The second-order valence-electron chi connectivity index (χ2n) is 5.55. The summed E-state index contributed by atoms with van der Waals surface area (Å²) in [7, 11) is 1.70. The Morgan fingerprint density at radius 3 is 2.55 bits per heavy atom. The third-order valence-corrected chi connectivity index (χ3v) is 3.34. The summed E-state index contributed by atoms with van der Waals surface area (Å²) in [6.45, 7) is 12.7. The zero-order chi connectivity index (χ0) is 15.5. The molecule has 1 aliphatic heterocycles. The van der Waals surface area contributed by atoms with Gasteiger partial charge in [0, 0.05) is 46.4 Å². The van der Waals surface area contributed by atoms with Gasteiger partial charge in [0.1, 0.15) is 0 Å². The van der Waals surface area contributed by atoms with E-state index in [4.69, 9.17) is 9.47 Å². The molecule has 1 heterocycles. The van der Waals surface area contributed by atoms with Crippen LogP contribution in [0.4, 0.5) is 0 Å². The van der Waals surface area contributed by atoms with Crippen LogP contribution in [0.3, 0.4) is 0 Å². The first kappa shape index (κ1) is 21.9. The fraction of sp³-hybridized carbons (Fsp3) is 0.933. The van der Waals surface area contributed by atoms with Crippen LogP contribution >= 0.6 is 24.0 Å². The van der Waals surface area contributed by atoms with Crippen LogP contribution in [0.5, 0.6) is 0 Å². The van der Waals surface area contributed by atoms with E-state index in [-0.39, 0.29) is 24.0 Å². The van der Waals surface area contributed by atoms with Gasteiger partial charge in [-0.05, 0) is 27.2 Å². The van der Waals surface area contributed by atoms with Crippen LogP contribution in [0.15, 0.2) is 4.99 Å². The molecule has 1 rings (SSSR count). The molecule has 132 valence electrons. The van der Waals surface area contributed by atoms with Crippen LogP contribution in [-0.4, -0.2) is 76.1 Å². The molecule has 0 spiro atoms. The molecule has 7 heteroatoms. The van der Waals surface area contributed by atoms with Crippen molar-refractivity contribution in [3.8, 4) is 0 Å². The van der Waals surface area contributed by atoms with Crippen molar-refractivity contribution in [3.63, 3.8) is 0 Å². The summed E-state index contributed by atoms with van der Waals surface area (Å²) in [4.78, 5) is 7.06. The molecule has 1 aliphatic rings. The van der Waals surface area contributed by atoms with Gasteiger partial charge >= 0.3 is 0 Å². The Kier molecular flexibility index (Phi) is 13.3. The summed E-state index contributed by atoms with van der Waals surface area (Å²) < 4.78 is 10.8. The lowest BCUT2D eigenvalue weighted by atomic mass is 10.2. The lowest BCUT2D eigenvalue weighted by Gasteiger charge is -2.35. The fourth-order valence-corrected chi connectivity index (χ4v) is 2.57. The number of aliphatic imine (C=N–C) groups is 1. The lowest BCUT2D eigenvalue weighted by Crippen LogP contribution is -2.45. The maximum absolute atomic E-state index is 5.75. The van der Waals surface area contributed by atoms with Crippen LogP contribution in [0, 0.1) is 0 Å². The molecule has 0 aromatic rings. The largest absolute Gasteiger partial charge is 0.383 e. The van der Waals surface area contributed by atoms with Crippen molar-refractivity contribution in [2.24, 2.45) is 4.99 Å². The van der Waals surface area contributed by atoms with E-state index in [2.05, 4.69) is 41.3 Å². The van der Waals surface area contributed by atoms with Gasteiger partial charge in [0.25, 0.3) is 0 Å². The molecule has 0 aromatic carbocycles. The van der Waals surface area contributed by atoms with Crippen molar-refractivity contribution in [3.05, 3.63) is 0 Å². The number of halogens is 1. The van der Waals surface area contributed by atoms with E-state index in [0.717, 1.165) is 51.6 Å². The van der Waals surface area contributed by atoms with Crippen molar-refractivity contribution in [1.29, 1.82) is 0 Å². The van der Waals surface area contributed by atoms with Crippen molar-refractivity contribution < 1.29 is 9.47 Å². The average Bonchev–Trinajstić information content (AvgIpc) is 2.42. The summed E-state index contributed by atoms with van der Waals surface area (Å²) in [5.74, 6) is 0.873. The molecule has 6 nitrogen and oxygen atoms in total. The van der Waals surface area contributed by atoms with Gasteiger partial charge in [-0.25, -0.2) is 0 Å². The van der Waals surface area contributed by atoms with Crippen LogP contribution < -0.4 is 10.6 Å². The Labute approximate surface area is 152 Å². The van der Waals surface area contributed by atoms with Crippen LogP contribution in [-0.2, 0) is 9.47 Å². The van der Waals surface area contributed by atoms with Crippen LogP contribution in [0.2, 0.25) is 0 Å². The number of hydrogen-bond acceptors (Lipinski definition) is 4. The Hall–Kier alpha value is -0.120. The Balaban J connectivity index is 0.00000441. The van der Waals surface area contributed by atoms with Gasteiger partial charge in [0.2, 0.25) is 0 Å². The average molecular weight is 428 g/mol. The van der Waals surface area contributed by atoms with Crippen molar-refractivity contribution >= 4 is 29.9 Å². The second kappa shape index (κ2) is 13.3. The zero-order valence-electron chi connectivity index (χ0n) is 14.4. The maximum Gasteiger partial charge on any atom is 0.191 e. The van der Waals surface area contributed by atoms with Gasteiger partial charge in [0.15, 0.2) is 5.96 Å². The highest BCUT2D eigenvalue weighted by atomic mass is 127. The van der Waals surface area contributed by atoms with Crippen molar-refractivity contribution in [1.82, 2.24) is 15.5 Å². The molecule has 1 fully saturated rings. The highest BCUT2D eigenvalue weighted by Crippen LogP contribution is 2.10. The number of nitrogens with zero attached hydrogens (tertiary/aromatic N) is 2. The monoisotopic (exact) mass is 428 g/mol. The first-order valence-corrected chi connectivity index (χ1v) is 8.04. The second-order valence-corrected chi connectivity index (χ2v) is 5.55. The van der Waals surface area contributed by atoms with E-state index in [1.54, 1.807) is 7.11 Å². The Morgan fingerprint density at radius 1 is 1.27 bits per heavy atom. The Morgan fingerprint density at radius 2 is 1.95 bits per heavy atom. The van der Waals surface area contributed by atoms with Gasteiger partial charge in [-0.15, -0.1) is 24.0 Å². The molecule has 0 bridgehead atoms. The van der Waals surface area contributed by atoms with Gasteiger partial charge < -0.3 is 20.1 Å². The maximum atomic E-state index is 5.75. The molecule has 0 aromatic heterocycles. The van der Waals surface area contributed by atoms with E-state index >= 15 is 0 Å². The number of guanidine groups is 1. The zero-order valence-corrected chi connectivity index (χ0v) is 16.8. The predicted octanol–water partition coefficient (Wildman–Crippen LogP) is 1.31. The molecule has 0 amide bonds. The summed E-state index contributed by atoms with van der Waals surface area (Å²) >= 11 is 0. The first-order chi connectivity index (χ1) is 10.2. The Bertz CT molecular complexity index is 295. The van der Waals surface area contributed by atoms with Crippen molar-refractivity contribution in [2.45, 2.75) is 39.4 Å². The highest BCUT2D eigenvalue weighted by molar-refractivity contribution is 14.0. The molecule has 2 N–H and O–H groups in total. The van der Waals surface area contributed by atoms with Gasteiger partial charge in [-0.1, -0.05) is 0 Å².